The second-order valence-electron chi connectivity index (χ2n) is 5.77. The summed E-state index contributed by atoms with van der Waals surface area (Å²) in [7, 11) is 1.45. The van der Waals surface area contributed by atoms with Gasteiger partial charge in [-0.25, -0.2) is 0 Å². The van der Waals surface area contributed by atoms with Crippen molar-refractivity contribution < 1.29 is 9.53 Å². The highest BCUT2D eigenvalue weighted by Crippen LogP contribution is 2.27. The molecule has 2 heterocycles. The summed E-state index contributed by atoms with van der Waals surface area (Å²) in [4.78, 5) is 13.9. The van der Waals surface area contributed by atoms with Gasteiger partial charge in [0.05, 0.1) is 20.1 Å². The molecule has 1 saturated heterocycles. The average molecular weight is 331 g/mol. The first kappa shape index (κ1) is 16.1. The average Bonchev–Trinajstić information content (AvgIpc) is 3.06. The van der Waals surface area contributed by atoms with E-state index < -0.39 is 0 Å². The van der Waals surface area contributed by atoms with Crippen LogP contribution in [0.25, 0.3) is 10.6 Å². The zero-order chi connectivity index (χ0) is 16.1. The molecule has 1 aliphatic heterocycles. The van der Waals surface area contributed by atoms with Gasteiger partial charge in [-0.05, 0) is 19.4 Å². The summed E-state index contributed by atoms with van der Waals surface area (Å²) >= 11 is 1.63. The van der Waals surface area contributed by atoms with Crippen LogP contribution in [0.2, 0.25) is 0 Å². The van der Waals surface area contributed by atoms with Crippen LogP contribution >= 0.6 is 11.3 Å². The number of carbonyl (C=O) groups excluding carboxylic acids is 1. The van der Waals surface area contributed by atoms with Crippen LogP contribution in [0.3, 0.4) is 0 Å². The molecule has 3 rings (SSSR count). The molecule has 5 nitrogen and oxygen atoms in total. The van der Waals surface area contributed by atoms with Crippen LogP contribution in [0, 0.1) is 0 Å². The molecule has 0 radical (unpaired) electrons. The summed E-state index contributed by atoms with van der Waals surface area (Å²) in [5, 5.41) is 10.6. The van der Waals surface area contributed by atoms with Gasteiger partial charge in [-0.15, -0.1) is 10.2 Å². The Morgan fingerprint density at radius 1 is 1.30 bits per heavy atom. The molecule has 1 fully saturated rings. The van der Waals surface area contributed by atoms with E-state index in [1.165, 1.54) is 20.0 Å². The van der Waals surface area contributed by atoms with E-state index in [4.69, 9.17) is 4.74 Å². The standard InChI is InChI=1S/C17H21N3O2S/c1-22-16(21)11-14-9-5-6-10-20(14)12-15-18-19-17(23-15)13-7-3-2-4-8-13/h2-4,7-8,14H,5-6,9-12H2,1H3/t14-/m0/s1. The molecule has 0 unspecified atom stereocenters. The predicted molar refractivity (Wildman–Crippen MR) is 90.0 cm³/mol. The highest BCUT2D eigenvalue weighted by atomic mass is 32.1. The molecular formula is C17H21N3O2S. The second kappa shape index (κ2) is 7.66. The molecule has 0 N–H and O–H groups in total. The van der Waals surface area contributed by atoms with E-state index in [1.807, 2.05) is 30.3 Å². The van der Waals surface area contributed by atoms with Crippen molar-refractivity contribution in [2.24, 2.45) is 0 Å². The number of esters is 1. The topological polar surface area (TPSA) is 55.3 Å². The van der Waals surface area contributed by atoms with Gasteiger partial charge in [-0.1, -0.05) is 48.1 Å². The van der Waals surface area contributed by atoms with Crippen LogP contribution in [0.1, 0.15) is 30.7 Å². The zero-order valence-electron chi connectivity index (χ0n) is 13.3. The third kappa shape index (κ3) is 4.14. The number of hydrogen-bond acceptors (Lipinski definition) is 6. The van der Waals surface area contributed by atoms with Crippen LogP contribution in [0.4, 0.5) is 0 Å². The minimum absolute atomic E-state index is 0.135. The Labute approximate surface area is 140 Å². The van der Waals surface area contributed by atoms with Gasteiger partial charge in [-0.2, -0.15) is 0 Å². The first-order valence-electron chi connectivity index (χ1n) is 7.95. The Hall–Kier alpha value is -1.79. The molecular weight excluding hydrogens is 310 g/mol. The number of rotatable bonds is 5. The molecule has 1 aliphatic rings. The fourth-order valence-corrected chi connectivity index (χ4v) is 3.83. The van der Waals surface area contributed by atoms with Gasteiger partial charge in [0.1, 0.15) is 10.0 Å². The van der Waals surface area contributed by atoms with Crippen molar-refractivity contribution in [3.63, 3.8) is 0 Å². The molecule has 0 spiro atoms. The largest absolute Gasteiger partial charge is 0.469 e. The van der Waals surface area contributed by atoms with Gasteiger partial charge in [0.25, 0.3) is 0 Å². The fourth-order valence-electron chi connectivity index (χ4n) is 2.96. The van der Waals surface area contributed by atoms with E-state index in [-0.39, 0.29) is 12.0 Å². The number of carbonyl (C=O) groups is 1. The highest BCUT2D eigenvalue weighted by Gasteiger charge is 2.26. The van der Waals surface area contributed by atoms with E-state index in [1.54, 1.807) is 11.3 Å². The van der Waals surface area contributed by atoms with Crippen molar-refractivity contribution in [1.82, 2.24) is 15.1 Å². The summed E-state index contributed by atoms with van der Waals surface area (Å²) in [5.41, 5.74) is 1.10. The fraction of sp³-hybridized carbons (Fsp3) is 0.471. The smallest absolute Gasteiger partial charge is 0.307 e. The first-order valence-corrected chi connectivity index (χ1v) is 8.76. The summed E-state index contributed by atoms with van der Waals surface area (Å²) in [5.74, 6) is -0.135. The van der Waals surface area contributed by atoms with Crippen molar-refractivity contribution in [1.29, 1.82) is 0 Å². The maximum atomic E-state index is 11.6. The maximum Gasteiger partial charge on any atom is 0.307 e. The van der Waals surface area contributed by atoms with E-state index in [2.05, 4.69) is 15.1 Å². The second-order valence-corrected chi connectivity index (χ2v) is 6.83. The van der Waals surface area contributed by atoms with E-state index in [9.17, 15) is 4.79 Å². The third-order valence-corrected chi connectivity index (χ3v) is 5.16. The summed E-state index contributed by atoms with van der Waals surface area (Å²) in [6.07, 6.45) is 3.84. The predicted octanol–water partition coefficient (Wildman–Crippen LogP) is 3.12. The first-order chi connectivity index (χ1) is 11.3. The molecule has 0 saturated carbocycles. The number of aromatic nitrogens is 2. The lowest BCUT2D eigenvalue weighted by molar-refractivity contribution is -0.142. The molecule has 23 heavy (non-hydrogen) atoms. The SMILES string of the molecule is COC(=O)C[C@@H]1CCCCN1Cc1nnc(-c2ccccc2)s1. The minimum Gasteiger partial charge on any atom is -0.469 e. The summed E-state index contributed by atoms with van der Waals surface area (Å²) in [6.45, 7) is 1.76. The molecule has 1 aromatic heterocycles. The van der Waals surface area contributed by atoms with Crippen molar-refractivity contribution in [3.05, 3.63) is 35.3 Å². The number of nitrogens with zero attached hydrogens (tertiary/aromatic N) is 3. The van der Waals surface area contributed by atoms with Crippen LogP contribution in [-0.4, -0.2) is 40.8 Å². The Balaban J connectivity index is 1.68. The monoisotopic (exact) mass is 331 g/mol. The van der Waals surface area contributed by atoms with Crippen molar-refractivity contribution >= 4 is 17.3 Å². The number of likely N-dealkylation sites (tertiary alicyclic amines) is 1. The lowest BCUT2D eigenvalue weighted by Gasteiger charge is -2.34. The molecule has 1 atom stereocenters. The normalized spacial score (nSPS) is 18.7. The Bertz CT molecular complexity index is 644. The molecule has 122 valence electrons. The van der Waals surface area contributed by atoms with E-state index in [0.717, 1.165) is 35.1 Å². The number of hydrogen-bond donors (Lipinski definition) is 0. The number of ether oxygens (including phenoxy) is 1. The van der Waals surface area contributed by atoms with Crippen molar-refractivity contribution in [2.45, 2.75) is 38.3 Å². The molecule has 0 amide bonds. The quantitative estimate of drug-likeness (QED) is 0.788. The molecule has 2 aromatic rings. The Morgan fingerprint density at radius 3 is 2.91 bits per heavy atom. The Kier molecular flexibility index (Phi) is 5.35. The van der Waals surface area contributed by atoms with Crippen molar-refractivity contribution in [3.8, 4) is 10.6 Å². The summed E-state index contributed by atoms with van der Waals surface area (Å²) in [6, 6.07) is 10.4. The maximum absolute atomic E-state index is 11.6. The van der Waals surface area contributed by atoms with Gasteiger partial charge in [0, 0.05) is 11.6 Å². The third-order valence-electron chi connectivity index (χ3n) is 4.20. The highest BCUT2D eigenvalue weighted by molar-refractivity contribution is 7.14. The van der Waals surface area contributed by atoms with Gasteiger partial charge in [-0.3, -0.25) is 9.69 Å². The summed E-state index contributed by atoms with van der Waals surface area (Å²) < 4.78 is 4.82. The van der Waals surface area contributed by atoms with Gasteiger partial charge >= 0.3 is 5.97 Å². The van der Waals surface area contributed by atoms with Crippen LogP contribution in [0.15, 0.2) is 30.3 Å². The van der Waals surface area contributed by atoms with Gasteiger partial charge in [0.2, 0.25) is 0 Å². The van der Waals surface area contributed by atoms with E-state index in [0.29, 0.717) is 6.42 Å². The van der Waals surface area contributed by atoms with Crippen LogP contribution < -0.4 is 0 Å². The lowest BCUT2D eigenvalue weighted by Crippen LogP contribution is -2.40. The lowest BCUT2D eigenvalue weighted by atomic mass is 9.99. The van der Waals surface area contributed by atoms with Crippen LogP contribution in [0.5, 0.6) is 0 Å². The molecule has 0 aliphatic carbocycles. The molecule has 0 bridgehead atoms. The molecule has 6 heteroatoms. The number of benzene rings is 1. The number of methoxy groups -OCH3 is 1. The Morgan fingerprint density at radius 2 is 2.13 bits per heavy atom. The van der Waals surface area contributed by atoms with Gasteiger partial charge in [0.15, 0.2) is 0 Å². The molecule has 1 aromatic carbocycles. The van der Waals surface area contributed by atoms with Crippen LogP contribution in [-0.2, 0) is 16.1 Å². The van der Waals surface area contributed by atoms with Gasteiger partial charge < -0.3 is 4.74 Å². The number of piperidine rings is 1. The van der Waals surface area contributed by atoms with E-state index >= 15 is 0 Å². The zero-order valence-corrected chi connectivity index (χ0v) is 14.1. The van der Waals surface area contributed by atoms with Crippen molar-refractivity contribution in [2.75, 3.05) is 13.7 Å². The minimum atomic E-state index is -0.135.